The van der Waals surface area contributed by atoms with Gasteiger partial charge in [0.15, 0.2) is 6.10 Å². The molecular weight excluding hydrogens is 282 g/mol. The largest absolute Gasteiger partial charge is 0.479 e. The van der Waals surface area contributed by atoms with Gasteiger partial charge < -0.3 is 20.0 Å². The average Bonchev–Trinajstić information content (AvgIpc) is 3.11. The molecule has 5 nitrogen and oxygen atoms in total. The Morgan fingerprint density at radius 2 is 2.05 bits per heavy atom. The van der Waals surface area contributed by atoms with Gasteiger partial charge in [-0.1, -0.05) is 24.3 Å². The fraction of sp³-hybridized carbons (Fsp3) is 0.529. The zero-order valence-electron chi connectivity index (χ0n) is 12.2. The van der Waals surface area contributed by atoms with Crippen molar-refractivity contribution in [3.8, 4) is 0 Å². The topological polar surface area (TPSA) is 79.6 Å². The van der Waals surface area contributed by atoms with Gasteiger partial charge in [-0.05, 0) is 23.8 Å². The molecule has 0 amide bonds. The summed E-state index contributed by atoms with van der Waals surface area (Å²) in [7, 11) is 0. The molecule has 0 radical (unpaired) electrons. The fourth-order valence-corrected chi connectivity index (χ4v) is 4.40. The van der Waals surface area contributed by atoms with E-state index in [0.29, 0.717) is 6.42 Å². The number of ether oxygens (including phenoxy) is 2. The summed E-state index contributed by atoms with van der Waals surface area (Å²) in [6.45, 7) is 0. The maximum Gasteiger partial charge on any atom is 0.335 e. The van der Waals surface area contributed by atoms with Gasteiger partial charge in [0, 0.05) is 25.2 Å². The second-order valence-corrected chi connectivity index (χ2v) is 6.63. The number of hydrogen-bond acceptors (Lipinski definition) is 4. The van der Waals surface area contributed by atoms with E-state index in [1.807, 2.05) is 12.1 Å². The summed E-state index contributed by atoms with van der Waals surface area (Å²) in [6, 6.07) is 8.33. The molecule has 22 heavy (non-hydrogen) atoms. The first-order valence-electron chi connectivity index (χ1n) is 7.74. The highest BCUT2D eigenvalue weighted by Gasteiger charge is 2.59. The van der Waals surface area contributed by atoms with E-state index < -0.39 is 18.2 Å². The monoisotopic (exact) mass is 301 g/mol. The van der Waals surface area contributed by atoms with Crippen molar-refractivity contribution in [2.24, 2.45) is 5.92 Å². The van der Waals surface area contributed by atoms with Crippen LogP contribution in [-0.2, 0) is 27.1 Å². The number of carbonyl (C=O) groups is 1. The SMILES string of the molecule is N=CCC1OC(C(=O)O)C2OC3(Cc4ccccc4C3)CC12. The van der Waals surface area contributed by atoms with Gasteiger partial charge in [-0.15, -0.1) is 0 Å². The third-order valence-electron chi connectivity index (χ3n) is 5.25. The first-order valence-corrected chi connectivity index (χ1v) is 7.74. The summed E-state index contributed by atoms with van der Waals surface area (Å²) < 4.78 is 11.9. The minimum Gasteiger partial charge on any atom is -0.479 e. The van der Waals surface area contributed by atoms with Crippen LogP contribution in [0.1, 0.15) is 24.0 Å². The maximum absolute atomic E-state index is 11.5. The van der Waals surface area contributed by atoms with E-state index in [4.69, 9.17) is 14.9 Å². The lowest BCUT2D eigenvalue weighted by Crippen LogP contribution is -2.37. The van der Waals surface area contributed by atoms with Crippen molar-refractivity contribution in [3.05, 3.63) is 35.4 Å². The van der Waals surface area contributed by atoms with Crippen molar-refractivity contribution in [2.45, 2.75) is 49.6 Å². The van der Waals surface area contributed by atoms with Gasteiger partial charge in [-0.25, -0.2) is 4.79 Å². The summed E-state index contributed by atoms with van der Waals surface area (Å²) in [6.07, 6.45) is 2.76. The second kappa shape index (κ2) is 4.89. The van der Waals surface area contributed by atoms with E-state index in [1.165, 1.54) is 17.3 Å². The fourth-order valence-electron chi connectivity index (χ4n) is 4.40. The number of aliphatic carboxylic acids is 1. The zero-order valence-corrected chi connectivity index (χ0v) is 12.2. The van der Waals surface area contributed by atoms with Gasteiger partial charge in [0.25, 0.3) is 0 Å². The van der Waals surface area contributed by atoms with Gasteiger partial charge >= 0.3 is 5.97 Å². The Labute approximate surface area is 128 Å². The van der Waals surface area contributed by atoms with Crippen LogP contribution in [0, 0.1) is 11.3 Å². The highest BCUT2D eigenvalue weighted by molar-refractivity contribution is 5.74. The number of fused-ring (bicyclic) bond motifs is 2. The van der Waals surface area contributed by atoms with E-state index in [2.05, 4.69) is 12.1 Å². The van der Waals surface area contributed by atoms with Gasteiger partial charge in [0.05, 0.1) is 11.7 Å². The number of hydrogen-bond donors (Lipinski definition) is 2. The Morgan fingerprint density at radius 1 is 1.36 bits per heavy atom. The number of carboxylic acid groups (broad SMARTS) is 1. The van der Waals surface area contributed by atoms with Crippen molar-refractivity contribution >= 4 is 12.2 Å². The van der Waals surface area contributed by atoms with Crippen molar-refractivity contribution in [2.75, 3.05) is 0 Å². The standard InChI is InChI=1S/C17H19NO4/c18-6-5-13-12-9-17(22-14(12)15(21-13)16(19)20)7-10-3-1-2-4-11(10)8-17/h1-4,6,12-15,18H,5,7-9H2,(H,19,20). The predicted molar refractivity (Wildman–Crippen MR) is 79.3 cm³/mol. The van der Waals surface area contributed by atoms with Gasteiger partial charge in [0.2, 0.25) is 0 Å². The molecule has 2 N–H and O–H groups in total. The van der Waals surface area contributed by atoms with E-state index in [-0.39, 0.29) is 17.6 Å². The van der Waals surface area contributed by atoms with Gasteiger partial charge in [0.1, 0.15) is 6.10 Å². The number of benzene rings is 1. The molecule has 1 aromatic rings. The van der Waals surface area contributed by atoms with Gasteiger partial charge in [-0.2, -0.15) is 0 Å². The van der Waals surface area contributed by atoms with Crippen LogP contribution in [0.5, 0.6) is 0 Å². The third kappa shape index (κ3) is 2.00. The Hall–Kier alpha value is -1.72. The molecule has 1 aromatic carbocycles. The molecule has 0 bridgehead atoms. The molecule has 3 aliphatic rings. The molecular formula is C17H19NO4. The van der Waals surface area contributed by atoms with E-state index in [0.717, 1.165) is 19.3 Å². The molecule has 0 aromatic heterocycles. The molecule has 1 spiro atoms. The van der Waals surface area contributed by atoms with Crippen LogP contribution in [0.4, 0.5) is 0 Å². The van der Waals surface area contributed by atoms with Crippen LogP contribution in [0.15, 0.2) is 24.3 Å². The quantitative estimate of drug-likeness (QED) is 0.835. The first-order chi connectivity index (χ1) is 10.6. The third-order valence-corrected chi connectivity index (χ3v) is 5.25. The molecule has 5 heteroatoms. The summed E-state index contributed by atoms with van der Waals surface area (Å²) in [4.78, 5) is 11.5. The van der Waals surface area contributed by atoms with Crippen LogP contribution < -0.4 is 0 Å². The lowest BCUT2D eigenvalue weighted by Gasteiger charge is -2.26. The van der Waals surface area contributed by atoms with Crippen LogP contribution >= 0.6 is 0 Å². The number of rotatable bonds is 3. The molecule has 4 unspecified atom stereocenters. The Balaban J connectivity index is 1.61. The normalized spacial score (nSPS) is 34.5. The second-order valence-electron chi connectivity index (χ2n) is 6.63. The molecule has 2 heterocycles. The molecule has 1 aliphatic carbocycles. The minimum absolute atomic E-state index is 0.0667. The smallest absolute Gasteiger partial charge is 0.335 e. The minimum atomic E-state index is -0.963. The van der Waals surface area contributed by atoms with E-state index in [9.17, 15) is 9.90 Å². The molecule has 0 saturated carbocycles. The number of nitrogens with one attached hydrogen (secondary N) is 1. The van der Waals surface area contributed by atoms with Crippen LogP contribution in [0.3, 0.4) is 0 Å². The van der Waals surface area contributed by atoms with Crippen molar-refractivity contribution in [3.63, 3.8) is 0 Å². The molecule has 2 aliphatic heterocycles. The van der Waals surface area contributed by atoms with Crippen molar-refractivity contribution < 1.29 is 19.4 Å². The maximum atomic E-state index is 11.5. The first kappa shape index (κ1) is 13.9. The lowest BCUT2D eigenvalue weighted by molar-refractivity contribution is -0.160. The molecule has 4 atom stereocenters. The predicted octanol–water partition coefficient (Wildman–Crippen LogP) is 1.82. The molecule has 116 valence electrons. The highest BCUT2D eigenvalue weighted by Crippen LogP contribution is 2.50. The Kier molecular flexibility index (Phi) is 3.09. The zero-order chi connectivity index (χ0) is 15.3. The van der Waals surface area contributed by atoms with Gasteiger partial charge in [-0.3, -0.25) is 0 Å². The van der Waals surface area contributed by atoms with E-state index >= 15 is 0 Å². The Bertz CT molecular complexity index is 604. The lowest BCUT2D eigenvalue weighted by atomic mass is 9.86. The summed E-state index contributed by atoms with van der Waals surface area (Å²) in [5, 5.41) is 16.7. The summed E-state index contributed by atoms with van der Waals surface area (Å²) in [5.74, 6) is -0.896. The van der Waals surface area contributed by atoms with Crippen molar-refractivity contribution in [1.82, 2.24) is 0 Å². The summed E-state index contributed by atoms with van der Waals surface area (Å²) in [5.41, 5.74) is 2.33. The number of carboxylic acids is 1. The molecule has 4 rings (SSSR count). The Morgan fingerprint density at radius 3 is 2.64 bits per heavy atom. The van der Waals surface area contributed by atoms with Crippen molar-refractivity contribution in [1.29, 1.82) is 5.41 Å². The average molecular weight is 301 g/mol. The van der Waals surface area contributed by atoms with Crippen LogP contribution in [-0.4, -0.2) is 41.2 Å². The highest BCUT2D eigenvalue weighted by atomic mass is 16.6. The molecule has 2 saturated heterocycles. The molecule has 2 fully saturated rings. The summed E-state index contributed by atoms with van der Waals surface area (Å²) >= 11 is 0. The van der Waals surface area contributed by atoms with E-state index in [1.54, 1.807) is 0 Å². The van der Waals surface area contributed by atoms with Crippen LogP contribution in [0.2, 0.25) is 0 Å². The van der Waals surface area contributed by atoms with Crippen LogP contribution in [0.25, 0.3) is 0 Å².